The molecule has 10 heteroatoms. The minimum absolute atomic E-state index is 0.0924. The van der Waals surface area contributed by atoms with Crippen LogP contribution < -0.4 is 0 Å². The Morgan fingerprint density at radius 3 is 2.61 bits per heavy atom. The molecule has 1 aromatic carbocycles. The molecule has 0 saturated heterocycles. The summed E-state index contributed by atoms with van der Waals surface area (Å²) in [5.41, 5.74) is -0.254. The highest BCUT2D eigenvalue weighted by atomic mass is 16.6. The molecule has 0 aliphatic rings. The second-order valence-electron chi connectivity index (χ2n) is 4.92. The van der Waals surface area contributed by atoms with Gasteiger partial charge in [0.05, 0.1) is 27.4 Å². The summed E-state index contributed by atoms with van der Waals surface area (Å²) in [5.74, 6) is -1.46. The number of carboxylic acids is 1. The fraction of sp³-hybridized carbons (Fsp3) is 0.231. The van der Waals surface area contributed by atoms with Gasteiger partial charge >= 0.3 is 5.97 Å². The van der Waals surface area contributed by atoms with Crippen LogP contribution >= 0.6 is 0 Å². The van der Waals surface area contributed by atoms with Crippen molar-refractivity contribution in [3.05, 3.63) is 50.3 Å². The molecular weight excluding hydrogens is 308 g/mol. The normalized spacial score (nSPS) is 11.9. The highest BCUT2D eigenvalue weighted by Gasteiger charge is 2.22. The van der Waals surface area contributed by atoms with E-state index in [4.69, 9.17) is 5.11 Å². The fourth-order valence-electron chi connectivity index (χ4n) is 2.00. The van der Waals surface area contributed by atoms with Gasteiger partial charge in [0.25, 0.3) is 11.4 Å². The van der Waals surface area contributed by atoms with Gasteiger partial charge in [-0.3, -0.25) is 25.0 Å². The van der Waals surface area contributed by atoms with E-state index in [1.807, 2.05) is 0 Å². The number of aromatic nitrogens is 2. The quantitative estimate of drug-likeness (QED) is 0.610. The molecular formula is C13H12N4O6. The van der Waals surface area contributed by atoms with Gasteiger partial charge in [0, 0.05) is 24.4 Å². The molecule has 0 radical (unpaired) electrons. The Balaban J connectivity index is 2.39. The number of hydrogen-bond acceptors (Lipinski definition) is 6. The number of carbonyl (C=O) groups is 1. The summed E-state index contributed by atoms with van der Waals surface area (Å²) in [4.78, 5) is 38.0. The highest BCUT2D eigenvalue weighted by molar-refractivity contribution is 5.71. The summed E-state index contributed by atoms with van der Waals surface area (Å²) in [6.07, 6.45) is 1.57. The van der Waals surface area contributed by atoms with Crippen LogP contribution in [-0.4, -0.2) is 30.9 Å². The first-order valence-corrected chi connectivity index (χ1v) is 6.49. The minimum atomic E-state index is -0.970. The molecule has 1 aromatic heterocycles. The summed E-state index contributed by atoms with van der Waals surface area (Å²) >= 11 is 0. The number of imidazole rings is 1. The van der Waals surface area contributed by atoms with Crippen molar-refractivity contribution < 1.29 is 19.7 Å². The van der Waals surface area contributed by atoms with E-state index in [2.05, 4.69) is 9.97 Å². The molecule has 2 rings (SSSR count). The van der Waals surface area contributed by atoms with E-state index >= 15 is 0 Å². The van der Waals surface area contributed by atoms with Gasteiger partial charge in [0.15, 0.2) is 0 Å². The van der Waals surface area contributed by atoms with Crippen LogP contribution in [0.1, 0.15) is 12.6 Å². The minimum Gasteiger partial charge on any atom is -0.481 e. The molecule has 10 nitrogen and oxygen atoms in total. The van der Waals surface area contributed by atoms with Crippen LogP contribution in [-0.2, 0) is 11.2 Å². The maximum absolute atomic E-state index is 11.1. The first kappa shape index (κ1) is 16.1. The summed E-state index contributed by atoms with van der Waals surface area (Å²) in [7, 11) is 0. The number of H-pyrrole nitrogens is 1. The lowest BCUT2D eigenvalue weighted by atomic mass is 10.1. The maximum atomic E-state index is 11.1. The maximum Gasteiger partial charge on any atom is 0.306 e. The number of benzene rings is 1. The van der Waals surface area contributed by atoms with Crippen LogP contribution in [0.25, 0.3) is 11.4 Å². The van der Waals surface area contributed by atoms with Gasteiger partial charge < -0.3 is 10.1 Å². The van der Waals surface area contributed by atoms with Gasteiger partial charge in [-0.2, -0.15) is 0 Å². The Morgan fingerprint density at radius 1 is 1.35 bits per heavy atom. The molecule has 23 heavy (non-hydrogen) atoms. The molecule has 0 fully saturated rings. The molecule has 0 aliphatic carbocycles. The Morgan fingerprint density at radius 2 is 2.04 bits per heavy atom. The third-order valence-electron chi connectivity index (χ3n) is 3.22. The number of rotatable bonds is 6. The molecule has 0 spiro atoms. The number of aliphatic carboxylic acids is 1. The topological polar surface area (TPSA) is 152 Å². The Hall–Kier alpha value is -3.30. The van der Waals surface area contributed by atoms with Crippen molar-refractivity contribution in [1.29, 1.82) is 0 Å². The van der Waals surface area contributed by atoms with Gasteiger partial charge in [-0.05, 0) is 6.07 Å². The molecule has 0 amide bonds. The van der Waals surface area contributed by atoms with Gasteiger partial charge in [0.2, 0.25) is 0 Å². The molecule has 0 aliphatic heterocycles. The molecule has 0 unspecified atom stereocenters. The third-order valence-corrected chi connectivity index (χ3v) is 3.22. The third kappa shape index (κ3) is 3.48. The predicted molar refractivity (Wildman–Crippen MR) is 77.8 cm³/mol. The van der Waals surface area contributed by atoms with E-state index in [1.54, 1.807) is 0 Å². The number of aromatic amines is 1. The van der Waals surface area contributed by atoms with E-state index in [1.165, 1.54) is 19.2 Å². The number of non-ortho nitro benzene ring substituents is 1. The summed E-state index contributed by atoms with van der Waals surface area (Å²) in [5, 5.41) is 30.7. The first-order valence-electron chi connectivity index (χ1n) is 6.49. The Kier molecular flexibility index (Phi) is 4.35. The first-order chi connectivity index (χ1) is 10.8. The lowest BCUT2D eigenvalue weighted by molar-refractivity contribution is -0.393. The van der Waals surface area contributed by atoms with Crippen molar-refractivity contribution in [1.82, 2.24) is 9.97 Å². The standard InChI is InChI=1S/C13H12N4O6/c1-7(13(18)19)4-8-6-14-12(15-8)10-3-2-9(16(20)21)5-11(10)17(22)23/h2-3,5-7H,4H2,1H3,(H,14,15)(H,18,19)/t7-/m0/s1. The predicted octanol–water partition coefficient (Wildman–Crippen LogP) is 2.16. The number of hydrogen-bond donors (Lipinski definition) is 2. The van der Waals surface area contributed by atoms with E-state index in [9.17, 15) is 25.0 Å². The number of nitrogens with one attached hydrogen (secondary N) is 1. The van der Waals surface area contributed by atoms with E-state index in [0.717, 1.165) is 12.1 Å². The Bertz CT molecular complexity index is 785. The van der Waals surface area contributed by atoms with Crippen molar-refractivity contribution in [3.8, 4) is 11.4 Å². The second kappa shape index (κ2) is 6.22. The smallest absolute Gasteiger partial charge is 0.306 e. The van der Waals surface area contributed by atoms with E-state index in [-0.39, 0.29) is 17.8 Å². The molecule has 2 aromatic rings. The average Bonchev–Trinajstić information content (AvgIpc) is 2.94. The number of nitro groups is 2. The molecule has 1 heterocycles. The van der Waals surface area contributed by atoms with Crippen LogP contribution in [0.3, 0.4) is 0 Å². The van der Waals surface area contributed by atoms with Crippen molar-refractivity contribution in [3.63, 3.8) is 0 Å². The van der Waals surface area contributed by atoms with E-state index < -0.39 is 33.1 Å². The van der Waals surface area contributed by atoms with Crippen LogP contribution in [0, 0.1) is 26.1 Å². The number of nitro benzene ring substituents is 2. The summed E-state index contributed by atoms with van der Waals surface area (Å²) in [6.45, 7) is 1.52. The second-order valence-corrected chi connectivity index (χ2v) is 4.92. The van der Waals surface area contributed by atoms with Crippen molar-refractivity contribution in [2.45, 2.75) is 13.3 Å². The van der Waals surface area contributed by atoms with Crippen LogP contribution in [0.2, 0.25) is 0 Å². The van der Waals surface area contributed by atoms with Crippen LogP contribution in [0.5, 0.6) is 0 Å². The zero-order valence-electron chi connectivity index (χ0n) is 11.9. The molecule has 0 saturated carbocycles. The van der Waals surface area contributed by atoms with Crippen LogP contribution in [0.4, 0.5) is 11.4 Å². The average molecular weight is 320 g/mol. The van der Waals surface area contributed by atoms with Gasteiger partial charge in [-0.1, -0.05) is 6.92 Å². The zero-order valence-corrected chi connectivity index (χ0v) is 11.9. The summed E-state index contributed by atoms with van der Waals surface area (Å²) in [6, 6.07) is 3.24. The summed E-state index contributed by atoms with van der Waals surface area (Å²) < 4.78 is 0. The monoisotopic (exact) mass is 320 g/mol. The SMILES string of the molecule is C[C@@H](Cc1cnc(-c2ccc([N+](=O)[O-])cc2[N+](=O)[O-])[nH]1)C(=O)O. The number of carboxylic acid groups (broad SMARTS) is 1. The molecule has 1 atom stereocenters. The highest BCUT2D eigenvalue weighted by Crippen LogP contribution is 2.31. The van der Waals surface area contributed by atoms with E-state index in [0.29, 0.717) is 5.69 Å². The van der Waals surface area contributed by atoms with Gasteiger partial charge in [0.1, 0.15) is 5.82 Å². The molecule has 0 bridgehead atoms. The number of nitrogens with zero attached hydrogens (tertiary/aromatic N) is 3. The largest absolute Gasteiger partial charge is 0.481 e. The lowest BCUT2D eigenvalue weighted by Crippen LogP contribution is -2.12. The van der Waals surface area contributed by atoms with Gasteiger partial charge in [-0.25, -0.2) is 4.98 Å². The molecule has 2 N–H and O–H groups in total. The fourth-order valence-corrected chi connectivity index (χ4v) is 2.00. The molecule has 120 valence electrons. The van der Waals surface area contributed by atoms with Crippen molar-refractivity contribution >= 4 is 17.3 Å². The zero-order chi connectivity index (χ0) is 17.1. The van der Waals surface area contributed by atoms with Crippen molar-refractivity contribution in [2.75, 3.05) is 0 Å². The van der Waals surface area contributed by atoms with Crippen molar-refractivity contribution in [2.24, 2.45) is 5.92 Å². The lowest BCUT2D eigenvalue weighted by Gasteiger charge is -2.03. The Labute approximate surface area is 129 Å². The van der Waals surface area contributed by atoms with Gasteiger partial charge in [-0.15, -0.1) is 0 Å². The van der Waals surface area contributed by atoms with Crippen LogP contribution in [0.15, 0.2) is 24.4 Å².